The lowest BCUT2D eigenvalue weighted by Crippen LogP contribution is -2.10. The van der Waals surface area contributed by atoms with Crippen molar-refractivity contribution in [1.29, 1.82) is 0 Å². The van der Waals surface area contributed by atoms with Gasteiger partial charge in [0.15, 0.2) is 5.76 Å². The van der Waals surface area contributed by atoms with Crippen LogP contribution in [0.2, 0.25) is 10.0 Å². The topological polar surface area (TPSA) is 55.1 Å². The van der Waals surface area contributed by atoms with Crippen LogP contribution in [0.5, 0.6) is 0 Å². The molecule has 0 radical (unpaired) electrons. The molecule has 4 nitrogen and oxygen atoms in total. The summed E-state index contributed by atoms with van der Waals surface area (Å²) in [6.45, 7) is 0. The number of pyridine rings is 1. The zero-order valence-electron chi connectivity index (χ0n) is 11.2. The van der Waals surface area contributed by atoms with Crippen molar-refractivity contribution in [1.82, 2.24) is 4.98 Å². The van der Waals surface area contributed by atoms with E-state index in [2.05, 4.69) is 10.3 Å². The fourth-order valence-electron chi connectivity index (χ4n) is 1.92. The highest BCUT2D eigenvalue weighted by atomic mass is 35.5. The average Bonchev–Trinajstić information content (AvgIpc) is 3.00. The third-order valence-electron chi connectivity index (χ3n) is 2.96. The third kappa shape index (κ3) is 3.13. The van der Waals surface area contributed by atoms with Gasteiger partial charge in [-0.05, 0) is 42.5 Å². The van der Waals surface area contributed by atoms with Crippen LogP contribution in [-0.4, -0.2) is 10.9 Å². The van der Waals surface area contributed by atoms with Gasteiger partial charge in [-0.25, -0.2) is 0 Å². The van der Waals surface area contributed by atoms with Crippen LogP contribution in [0, 0.1) is 0 Å². The van der Waals surface area contributed by atoms with E-state index < -0.39 is 0 Å². The molecule has 0 aliphatic heterocycles. The van der Waals surface area contributed by atoms with Gasteiger partial charge in [0.25, 0.3) is 5.91 Å². The first-order valence-corrected chi connectivity index (χ1v) is 7.16. The predicted octanol–water partition coefficient (Wildman–Crippen LogP) is 4.90. The van der Waals surface area contributed by atoms with E-state index in [1.54, 1.807) is 54.9 Å². The number of hydrogen-bond acceptors (Lipinski definition) is 3. The van der Waals surface area contributed by atoms with Gasteiger partial charge in [0, 0.05) is 28.7 Å². The van der Waals surface area contributed by atoms with E-state index in [1.807, 2.05) is 0 Å². The third-order valence-corrected chi connectivity index (χ3v) is 3.53. The minimum absolute atomic E-state index is 0.183. The Balaban J connectivity index is 1.84. The number of furan rings is 1. The van der Waals surface area contributed by atoms with Gasteiger partial charge in [-0.15, -0.1) is 0 Å². The van der Waals surface area contributed by atoms with Crippen molar-refractivity contribution < 1.29 is 9.21 Å². The van der Waals surface area contributed by atoms with Gasteiger partial charge < -0.3 is 9.73 Å². The highest BCUT2D eigenvalue weighted by molar-refractivity contribution is 6.35. The lowest BCUT2D eigenvalue weighted by Gasteiger charge is -2.03. The van der Waals surface area contributed by atoms with Crippen molar-refractivity contribution in [3.8, 4) is 11.3 Å². The SMILES string of the molecule is O=C(Nc1ccncc1)c1ccc(-c2cc(Cl)ccc2Cl)o1. The standard InChI is InChI=1S/C16H10Cl2N2O2/c17-10-1-2-13(18)12(9-10)14-3-4-15(22-14)16(21)20-11-5-7-19-8-6-11/h1-9H,(H,19,20,21). The summed E-state index contributed by atoms with van der Waals surface area (Å²) < 4.78 is 5.57. The summed E-state index contributed by atoms with van der Waals surface area (Å²) in [7, 11) is 0. The van der Waals surface area contributed by atoms with Gasteiger partial charge in [-0.1, -0.05) is 23.2 Å². The number of carbonyl (C=O) groups is 1. The molecule has 0 aliphatic carbocycles. The molecular weight excluding hydrogens is 323 g/mol. The van der Waals surface area contributed by atoms with E-state index in [0.717, 1.165) is 0 Å². The smallest absolute Gasteiger partial charge is 0.291 e. The van der Waals surface area contributed by atoms with Crippen LogP contribution in [0.25, 0.3) is 11.3 Å². The Morgan fingerprint density at radius 2 is 1.82 bits per heavy atom. The van der Waals surface area contributed by atoms with Gasteiger partial charge in [0.05, 0.1) is 5.02 Å². The Kier molecular flexibility index (Phi) is 4.13. The Morgan fingerprint density at radius 3 is 2.59 bits per heavy atom. The normalized spacial score (nSPS) is 10.5. The van der Waals surface area contributed by atoms with Gasteiger partial charge in [0.1, 0.15) is 5.76 Å². The molecule has 0 spiro atoms. The summed E-state index contributed by atoms with van der Waals surface area (Å²) >= 11 is 12.1. The Hall–Kier alpha value is -2.30. The fourth-order valence-corrected chi connectivity index (χ4v) is 2.30. The lowest BCUT2D eigenvalue weighted by atomic mass is 10.2. The zero-order valence-corrected chi connectivity index (χ0v) is 12.7. The molecule has 6 heteroatoms. The number of nitrogens with one attached hydrogen (secondary N) is 1. The number of rotatable bonds is 3. The van der Waals surface area contributed by atoms with Gasteiger partial charge in [-0.3, -0.25) is 9.78 Å². The lowest BCUT2D eigenvalue weighted by molar-refractivity contribution is 0.0997. The molecule has 0 aliphatic rings. The zero-order chi connectivity index (χ0) is 15.5. The van der Waals surface area contributed by atoms with E-state index in [1.165, 1.54) is 0 Å². The number of amides is 1. The van der Waals surface area contributed by atoms with Crippen LogP contribution < -0.4 is 5.32 Å². The number of hydrogen-bond donors (Lipinski definition) is 1. The van der Waals surface area contributed by atoms with E-state index in [4.69, 9.17) is 27.6 Å². The van der Waals surface area contributed by atoms with Crippen LogP contribution in [-0.2, 0) is 0 Å². The van der Waals surface area contributed by atoms with E-state index in [0.29, 0.717) is 27.1 Å². The second kappa shape index (κ2) is 6.22. The monoisotopic (exact) mass is 332 g/mol. The maximum atomic E-state index is 12.1. The number of carbonyl (C=O) groups excluding carboxylic acids is 1. The molecule has 0 saturated heterocycles. The van der Waals surface area contributed by atoms with Crippen molar-refractivity contribution in [2.24, 2.45) is 0 Å². The van der Waals surface area contributed by atoms with Gasteiger partial charge in [0.2, 0.25) is 0 Å². The average molecular weight is 333 g/mol. The number of nitrogens with zero attached hydrogens (tertiary/aromatic N) is 1. The van der Waals surface area contributed by atoms with E-state index in [9.17, 15) is 4.79 Å². The molecule has 0 fully saturated rings. The van der Waals surface area contributed by atoms with Gasteiger partial charge >= 0.3 is 0 Å². The van der Waals surface area contributed by atoms with Gasteiger partial charge in [-0.2, -0.15) is 0 Å². The van der Waals surface area contributed by atoms with Crippen LogP contribution in [0.1, 0.15) is 10.6 Å². The molecule has 0 unspecified atom stereocenters. The Bertz CT molecular complexity index is 816. The second-order valence-electron chi connectivity index (χ2n) is 4.48. The first-order valence-electron chi connectivity index (χ1n) is 6.40. The number of anilines is 1. The summed E-state index contributed by atoms with van der Waals surface area (Å²) in [5, 5.41) is 3.76. The molecule has 110 valence electrons. The second-order valence-corrected chi connectivity index (χ2v) is 5.32. The molecule has 0 bridgehead atoms. The molecule has 1 amide bonds. The quantitative estimate of drug-likeness (QED) is 0.742. The molecule has 1 N–H and O–H groups in total. The summed E-state index contributed by atoms with van der Waals surface area (Å²) in [6.07, 6.45) is 3.18. The van der Waals surface area contributed by atoms with Crippen LogP contribution in [0.4, 0.5) is 5.69 Å². The molecule has 0 saturated carbocycles. The highest BCUT2D eigenvalue weighted by Crippen LogP contribution is 2.31. The molecule has 3 rings (SSSR count). The molecule has 2 aromatic heterocycles. The van der Waals surface area contributed by atoms with Crippen molar-refractivity contribution in [2.75, 3.05) is 5.32 Å². The van der Waals surface area contributed by atoms with Crippen molar-refractivity contribution in [3.63, 3.8) is 0 Å². The Morgan fingerprint density at radius 1 is 1.05 bits per heavy atom. The minimum atomic E-state index is -0.351. The van der Waals surface area contributed by atoms with Crippen LogP contribution in [0.3, 0.4) is 0 Å². The summed E-state index contributed by atoms with van der Waals surface area (Å²) in [5.41, 5.74) is 1.27. The van der Waals surface area contributed by atoms with Crippen molar-refractivity contribution >= 4 is 34.8 Å². The molecule has 3 aromatic rings. The van der Waals surface area contributed by atoms with E-state index in [-0.39, 0.29) is 11.7 Å². The number of halogens is 2. The molecule has 0 atom stereocenters. The maximum Gasteiger partial charge on any atom is 0.291 e. The summed E-state index contributed by atoms with van der Waals surface area (Å²) in [6, 6.07) is 11.7. The molecule has 22 heavy (non-hydrogen) atoms. The molecule has 1 aromatic carbocycles. The largest absolute Gasteiger partial charge is 0.451 e. The van der Waals surface area contributed by atoms with Crippen molar-refractivity contribution in [3.05, 3.63) is 70.7 Å². The number of benzene rings is 1. The maximum absolute atomic E-state index is 12.1. The van der Waals surface area contributed by atoms with Crippen molar-refractivity contribution in [2.45, 2.75) is 0 Å². The minimum Gasteiger partial charge on any atom is -0.451 e. The number of aromatic nitrogens is 1. The fraction of sp³-hybridized carbons (Fsp3) is 0. The summed E-state index contributed by atoms with van der Waals surface area (Å²) in [4.78, 5) is 16.0. The first-order chi connectivity index (χ1) is 10.6. The molecule has 2 heterocycles. The predicted molar refractivity (Wildman–Crippen MR) is 86.4 cm³/mol. The summed E-state index contributed by atoms with van der Waals surface area (Å²) in [5.74, 6) is 0.311. The highest BCUT2D eigenvalue weighted by Gasteiger charge is 2.14. The van der Waals surface area contributed by atoms with Crippen LogP contribution >= 0.6 is 23.2 Å². The van der Waals surface area contributed by atoms with Crippen LogP contribution in [0.15, 0.2) is 59.3 Å². The van der Waals surface area contributed by atoms with E-state index >= 15 is 0 Å². The first kappa shape index (κ1) is 14.6. The Labute approximate surface area is 136 Å². The molecular formula is C16H10Cl2N2O2.